The van der Waals surface area contributed by atoms with Crippen LogP contribution in [0.25, 0.3) is 11.1 Å². The first-order chi connectivity index (χ1) is 13.9. The minimum atomic E-state index is -4.28. The van der Waals surface area contributed by atoms with Crippen LogP contribution in [0.2, 0.25) is 0 Å². The Bertz CT molecular complexity index is 830. The van der Waals surface area contributed by atoms with Gasteiger partial charge in [0, 0.05) is 0 Å². The second-order valence-corrected chi connectivity index (χ2v) is 8.83. The van der Waals surface area contributed by atoms with Crippen LogP contribution in [-0.2, 0) is 6.18 Å². The van der Waals surface area contributed by atoms with E-state index < -0.39 is 11.7 Å². The zero-order valence-electron chi connectivity index (χ0n) is 17.0. The molecule has 0 bridgehead atoms. The summed E-state index contributed by atoms with van der Waals surface area (Å²) in [6.45, 7) is 2.12. The molecule has 2 aromatic carbocycles. The van der Waals surface area contributed by atoms with Crippen molar-refractivity contribution in [2.24, 2.45) is 17.8 Å². The highest BCUT2D eigenvalue weighted by Crippen LogP contribution is 2.48. The average molecular weight is 399 g/mol. The Morgan fingerprint density at radius 1 is 0.759 bits per heavy atom. The molecule has 0 spiro atoms. The van der Waals surface area contributed by atoms with Gasteiger partial charge in [-0.3, -0.25) is 0 Å². The van der Waals surface area contributed by atoms with Gasteiger partial charge in [-0.2, -0.15) is 13.2 Å². The third-order valence-electron chi connectivity index (χ3n) is 7.05. The molecule has 2 saturated carbocycles. The van der Waals surface area contributed by atoms with E-state index in [0.717, 1.165) is 41.0 Å². The van der Waals surface area contributed by atoms with E-state index in [9.17, 15) is 13.2 Å². The Morgan fingerprint density at radius 2 is 1.34 bits per heavy atom. The first kappa shape index (κ1) is 20.3. The van der Waals surface area contributed by atoms with E-state index in [2.05, 4.69) is 43.3 Å². The van der Waals surface area contributed by atoms with Crippen molar-refractivity contribution in [3.8, 4) is 11.1 Å². The van der Waals surface area contributed by atoms with E-state index in [4.69, 9.17) is 0 Å². The molecular weight excluding hydrogens is 369 g/mol. The quantitative estimate of drug-likeness (QED) is 0.457. The molecule has 0 heterocycles. The molecule has 2 aromatic rings. The van der Waals surface area contributed by atoms with Gasteiger partial charge in [-0.25, -0.2) is 0 Å². The third kappa shape index (κ3) is 4.60. The largest absolute Gasteiger partial charge is 0.416 e. The number of alkyl halides is 3. The van der Waals surface area contributed by atoms with Gasteiger partial charge in [0.25, 0.3) is 0 Å². The number of hydrogen-bond acceptors (Lipinski definition) is 0. The SMILES string of the molecule is C/C=C/C1CCC2CC(c3ccc(-c4ccc(C(F)(F)F)cc4)cc3)CCC2C1. The fraction of sp³-hybridized carbons (Fsp3) is 0.462. The molecular formula is C26H29F3. The maximum absolute atomic E-state index is 12.8. The van der Waals surface area contributed by atoms with Gasteiger partial charge in [-0.15, -0.1) is 0 Å². The van der Waals surface area contributed by atoms with Crippen molar-refractivity contribution in [2.75, 3.05) is 0 Å². The summed E-state index contributed by atoms with van der Waals surface area (Å²) in [6, 6.07) is 13.9. The van der Waals surface area contributed by atoms with Gasteiger partial charge in [-0.1, -0.05) is 48.6 Å². The first-order valence-corrected chi connectivity index (χ1v) is 10.8. The predicted molar refractivity (Wildman–Crippen MR) is 113 cm³/mol. The molecule has 4 unspecified atom stereocenters. The van der Waals surface area contributed by atoms with Gasteiger partial charge in [0.1, 0.15) is 0 Å². The zero-order valence-corrected chi connectivity index (χ0v) is 17.0. The number of allylic oxidation sites excluding steroid dienone is 2. The second-order valence-electron chi connectivity index (χ2n) is 8.83. The van der Waals surface area contributed by atoms with Crippen molar-refractivity contribution in [1.82, 2.24) is 0 Å². The molecule has 4 rings (SSSR count). The van der Waals surface area contributed by atoms with Crippen molar-refractivity contribution in [1.29, 1.82) is 0 Å². The van der Waals surface area contributed by atoms with Crippen LogP contribution in [-0.4, -0.2) is 0 Å². The van der Waals surface area contributed by atoms with E-state index >= 15 is 0 Å². The smallest absolute Gasteiger partial charge is 0.166 e. The lowest BCUT2D eigenvalue weighted by molar-refractivity contribution is -0.137. The Hall–Kier alpha value is -2.03. The van der Waals surface area contributed by atoms with Crippen LogP contribution in [0.1, 0.15) is 62.5 Å². The van der Waals surface area contributed by atoms with Gasteiger partial charge >= 0.3 is 6.18 Å². The van der Waals surface area contributed by atoms with E-state index in [1.54, 1.807) is 12.1 Å². The van der Waals surface area contributed by atoms with Gasteiger partial charge in [0.05, 0.1) is 5.56 Å². The molecule has 2 aliphatic carbocycles. The maximum atomic E-state index is 12.8. The fourth-order valence-corrected chi connectivity index (χ4v) is 5.47. The standard InChI is InChI=1S/C26H29F3/c1-2-3-18-4-5-24-17-23(11-10-22(24)16-18)21-8-6-19(7-9-21)20-12-14-25(15-13-20)26(27,28)29/h2-3,6-9,12-15,18,22-24H,4-5,10-11,16-17H2,1H3/b3-2+. The van der Waals surface area contributed by atoms with E-state index in [0.29, 0.717) is 5.92 Å². The van der Waals surface area contributed by atoms with E-state index in [1.807, 2.05) is 0 Å². The van der Waals surface area contributed by atoms with Crippen molar-refractivity contribution < 1.29 is 13.2 Å². The van der Waals surface area contributed by atoms with Crippen LogP contribution < -0.4 is 0 Å². The summed E-state index contributed by atoms with van der Waals surface area (Å²) in [4.78, 5) is 0. The summed E-state index contributed by atoms with van der Waals surface area (Å²) in [7, 11) is 0. The molecule has 2 fully saturated rings. The third-order valence-corrected chi connectivity index (χ3v) is 7.05. The van der Waals surface area contributed by atoms with Crippen molar-refractivity contribution >= 4 is 0 Å². The number of hydrogen-bond donors (Lipinski definition) is 0. The lowest BCUT2D eigenvalue weighted by Gasteiger charge is -2.41. The predicted octanol–water partition coefficient (Wildman–Crippen LogP) is 8.25. The van der Waals surface area contributed by atoms with Crippen molar-refractivity contribution in [3.63, 3.8) is 0 Å². The highest BCUT2D eigenvalue weighted by Gasteiger charge is 2.35. The summed E-state index contributed by atoms with van der Waals surface area (Å²) in [5.74, 6) is 3.13. The molecule has 0 aliphatic heterocycles. The molecule has 154 valence electrons. The Kier molecular flexibility index (Phi) is 5.85. The Labute approximate surface area is 171 Å². The number of fused-ring (bicyclic) bond motifs is 1. The summed E-state index contributed by atoms with van der Waals surface area (Å²) in [5, 5.41) is 0. The zero-order chi connectivity index (χ0) is 20.4. The molecule has 29 heavy (non-hydrogen) atoms. The molecule has 0 nitrogen and oxygen atoms in total. The topological polar surface area (TPSA) is 0 Å². The highest BCUT2D eigenvalue weighted by molar-refractivity contribution is 5.64. The van der Waals surface area contributed by atoms with Crippen LogP contribution in [0.5, 0.6) is 0 Å². The minimum Gasteiger partial charge on any atom is -0.166 e. The molecule has 0 saturated heterocycles. The van der Waals surface area contributed by atoms with Gasteiger partial charge in [0.15, 0.2) is 0 Å². The molecule has 0 amide bonds. The summed E-state index contributed by atoms with van der Waals surface area (Å²) < 4.78 is 38.3. The monoisotopic (exact) mass is 398 g/mol. The molecule has 0 aromatic heterocycles. The van der Waals surface area contributed by atoms with E-state index in [-0.39, 0.29) is 0 Å². The lowest BCUT2D eigenvalue weighted by atomic mass is 9.64. The Balaban J connectivity index is 1.41. The maximum Gasteiger partial charge on any atom is 0.416 e. The number of halogens is 3. The van der Waals surface area contributed by atoms with Crippen LogP contribution in [0.3, 0.4) is 0 Å². The summed E-state index contributed by atoms with van der Waals surface area (Å²) in [5.41, 5.74) is 2.59. The first-order valence-electron chi connectivity index (χ1n) is 10.8. The lowest BCUT2D eigenvalue weighted by Crippen LogP contribution is -2.30. The van der Waals surface area contributed by atoms with Gasteiger partial charge < -0.3 is 0 Å². The van der Waals surface area contributed by atoms with E-state index in [1.165, 1.54) is 44.1 Å². The minimum absolute atomic E-state index is 0.598. The van der Waals surface area contributed by atoms with Crippen molar-refractivity contribution in [3.05, 3.63) is 71.8 Å². The fourth-order valence-electron chi connectivity index (χ4n) is 5.47. The summed E-state index contributed by atoms with van der Waals surface area (Å²) >= 11 is 0. The van der Waals surface area contributed by atoms with Gasteiger partial charge in [0.2, 0.25) is 0 Å². The second kappa shape index (κ2) is 8.38. The number of benzene rings is 2. The van der Waals surface area contributed by atoms with Crippen LogP contribution in [0.15, 0.2) is 60.7 Å². The average Bonchev–Trinajstić information content (AvgIpc) is 2.73. The van der Waals surface area contributed by atoms with Crippen molar-refractivity contribution in [2.45, 2.75) is 57.5 Å². The molecule has 0 radical (unpaired) electrons. The summed E-state index contributed by atoms with van der Waals surface area (Å²) in [6.07, 6.45) is 8.20. The number of rotatable bonds is 3. The molecule has 3 heteroatoms. The van der Waals surface area contributed by atoms with Gasteiger partial charge in [-0.05, 0) is 97.9 Å². The molecule has 0 N–H and O–H groups in total. The normalized spacial score (nSPS) is 27.7. The highest BCUT2D eigenvalue weighted by atomic mass is 19.4. The van der Waals surface area contributed by atoms with Crippen LogP contribution >= 0.6 is 0 Å². The Morgan fingerprint density at radius 3 is 1.97 bits per heavy atom. The van der Waals surface area contributed by atoms with Crippen LogP contribution in [0, 0.1) is 17.8 Å². The molecule has 2 aliphatic rings. The molecule has 4 atom stereocenters. The van der Waals surface area contributed by atoms with Crippen LogP contribution in [0.4, 0.5) is 13.2 Å².